The quantitative estimate of drug-likeness (QED) is 0.245. The number of nitrogens with zero attached hydrogens (tertiary/aromatic N) is 6. The molecule has 0 bridgehead atoms. The van der Waals surface area contributed by atoms with E-state index >= 15 is 0 Å². The van der Waals surface area contributed by atoms with Gasteiger partial charge in [0.25, 0.3) is 5.91 Å². The summed E-state index contributed by atoms with van der Waals surface area (Å²) in [6.45, 7) is 4.24. The lowest BCUT2D eigenvalue weighted by Crippen LogP contribution is -2.46. The van der Waals surface area contributed by atoms with Gasteiger partial charge in [-0.3, -0.25) is 24.0 Å². The SMILES string of the molecule is CN1CCN(Cc2ccccc2)CC1c1nnc2ccc(C(=O)NCCc3ccccn3)cn12.O=C(O)C(F)(F)F.O=C(O)C(F)(F)F. The summed E-state index contributed by atoms with van der Waals surface area (Å²) in [4.78, 5) is 39.7. The van der Waals surface area contributed by atoms with Gasteiger partial charge in [-0.25, -0.2) is 9.59 Å². The van der Waals surface area contributed by atoms with E-state index in [9.17, 15) is 31.1 Å². The molecule has 1 fully saturated rings. The maximum atomic E-state index is 12.8. The van der Waals surface area contributed by atoms with Crippen LogP contribution in [0.25, 0.3) is 5.65 Å². The van der Waals surface area contributed by atoms with Crippen molar-refractivity contribution in [1.82, 2.24) is 34.7 Å². The van der Waals surface area contributed by atoms with Crippen molar-refractivity contribution in [1.29, 1.82) is 0 Å². The Bertz CT molecular complexity index is 1630. The summed E-state index contributed by atoms with van der Waals surface area (Å²) in [6.07, 6.45) is -5.86. The molecule has 1 saturated heterocycles. The fraction of sp³-hybridized carbons (Fsp3) is 0.333. The van der Waals surface area contributed by atoms with Crippen LogP contribution in [0.5, 0.6) is 0 Å². The summed E-state index contributed by atoms with van der Waals surface area (Å²) in [5, 5.41) is 26.1. The fourth-order valence-electron chi connectivity index (χ4n) is 4.42. The number of carboxylic acids is 2. The second-order valence-electron chi connectivity index (χ2n) is 10.4. The monoisotopic (exact) mass is 683 g/mol. The number of aliphatic carboxylic acids is 2. The van der Waals surface area contributed by atoms with Crippen LogP contribution < -0.4 is 5.32 Å². The maximum absolute atomic E-state index is 12.8. The van der Waals surface area contributed by atoms with Gasteiger partial charge < -0.3 is 15.5 Å². The third kappa shape index (κ3) is 11.3. The molecule has 18 heteroatoms. The van der Waals surface area contributed by atoms with Crippen LogP contribution in [0.4, 0.5) is 26.3 Å². The van der Waals surface area contributed by atoms with Crippen LogP contribution >= 0.6 is 0 Å². The number of carbonyl (C=O) groups is 3. The highest BCUT2D eigenvalue weighted by molar-refractivity contribution is 5.94. The molecule has 48 heavy (non-hydrogen) atoms. The van der Waals surface area contributed by atoms with Gasteiger partial charge >= 0.3 is 24.3 Å². The minimum atomic E-state index is -5.08. The van der Waals surface area contributed by atoms with Crippen molar-refractivity contribution < 1.29 is 50.9 Å². The van der Waals surface area contributed by atoms with Crippen molar-refractivity contribution in [3.05, 3.63) is 95.7 Å². The zero-order valence-corrected chi connectivity index (χ0v) is 25.3. The Hall–Kier alpha value is -5.10. The van der Waals surface area contributed by atoms with Gasteiger partial charge in [-0.1, -0.05) is 36.4 Å². The van der Waals surface area contributed by atoms with Crippen molar-refractivity contribution >= 4 is 23.5 Å². The molecule has 258 valence electrons. The number of likely N-dealkylation sites (N-methyl/N-ethyl adjacent to an activating group) is 1. The Morgan fingerprint density at radius 1 is 0.875 bits per heavy atom. The zero-order valence-electron chi connectivity index (χ0n) is 25.3. The number of carboxylic acid groups (broad SMARTS) is 2. The first-order valence-corrected chi connectivity index (χ1v) is 14.2. The van der Waals surface area contributed by atoms with Crippen LogP contribution in [-0.4, -0.2) is 103 Å². The number of halogens is 6. The Labute approximate surface area is 269 Å². The molecular weight excluding hydrogens is 652 g/mol. The number of hydrogen-bond acceptors (Lipinski definition) is 8. The standard InChI is InChI=1S/C26H29N7O.2C2HF3O2/c1-31-15-16-32(17-20-7-3-2-4-8-20)19-23(31)25-30-29-24-11-10-21(18-33(24)25)26(34)28-14-12-22-9-5-6-13-27-22;2*3-2(4,5)1(6)7/h2-11,13,18,23H,12,14-17,19H2,1H3,(H,28,34);2*(H,6,7). The minimum Gasteiger partial charge on any atom is -0.475 e. The number of aromatic nitrogens is 4. The molecule has 0 spiro atoms. The maximum Gasteiger partial charge on any atom is 0.490 e. The third-order valence-corrected chi connectivity index (χ3v) is 6.85. The summed E-state index contributed by atoms with van der Waals surface area (Å²) in [5.41, 5.74) is 3.60. The van der Waals surface area contributed by atoms with Crippen molar-refractivity contribution in [2.75, 3.05) is 33.2 Å². The topological polar surface area (TPSA) is 153 Å². The largest absolute Gasteiger partial charge is 0.490 e. The van der Waals surface area contributed by atoms with Crippen LogP contribution in [0.2, 0.25) is 0 Å². The number of nitrogens with one attached hydrogen (secondary N) is 1. The van der Waals surface area contributed by atoms with Gasteiger partial charge in [-0.2, -0.15) is 26.3 Å². The number of benzene rings is 1. The molecule has 0 aliphatic carbocycles. The predicted molar refractivity (Wildman–Crippen MR) is 158 cm³/mol. The Kier molecular flexibility index (Phi) is 13.0. The molecule has 1 aliphatic rings. The van der Waals surface area contributed by atoms with E-state index in [4.69, 9.17) is 19.8 Å². The van der Waals surface area contributed by atoms with Crippen LogP contribution in [-0.2, 0) is 22.6 Å². The van der Waals surface area contributed by atoms with Crippen LogP contribution in [0.15, 0.2) is 73.1 Å². The summed E-state index contributed by atoms with van der Waals surface area (Å²) < 4.78 is 65.4. The average Bonchev–Trinajstić information content (AvgIpc) is 3.46. The minimum absolute atomic E-state index is 0.0925. The van der Waals surface area contributed by atoms with E-state index in [1.54, 1.807) is 12.3 Å². The van der Waals surface area contributed by atoms with E-state index in [-0.39, 0.29) is 11.9 Å². The Balaban J connectivity index is 0.000000376. The van der Waals surface area contributed by atoms with Crippen molar-refractivity contribution in [3.63, 3.8) is 0 Å². The van der Waals surface area contributed by atoms with Gasteiger partial charge in [0, 0.05) is 57.2 Å². The number of hydrogen-bond donors (Lipinski definition) is 3. The van der Waals surface area contributed by atoms with Crippen LogP contribution in [0.3, 0.4) is 0 Å². The Morgan fingerprint density at radius 3 is 2.08 bits per heavy atom. The first-order chi connectivity index (χ1) is 22.6. The van der Waals surface area contributed by atoms with Crippen molar-refractivity contribution in [2.24, 2.45) is 0 Å². The third-order valence-electron chi connectivity index (χ3n) is 6.85. The first kappa shape index (κ1) is 37.4. The molecule has 0 saturated carbocycles. The molecule has 4 heterocycles. The van der Waals surface area contributed by atoms with E-state index < -0.39 is 24.3 Å². The second kappa shape index (κ2) is 16.6. The van der Waals surface area contributed by atoms with Gasteiger partial charge in [-0.05, 0) is 36.9 Å². The second-order valence-corrected chi connectivity index (χ2v) is 10.4. The number of piperazine rings is 1. The highest BCUT2D eigenvalue weighted by Crippen LogP contribution is 2.25. The molecule has 3 aromatic heterocycles. The number of pyridine rings is 2. The van der Waals surface area contributed by atoms with Crippen molar-refractivity contribution in [3.8, 4) is 0 Å². The molecule has 1 amide bonds. The summed E-state index contributed by atoms with van der Waals surface area (Å²) in [5.74, 6) is -4.77. The van der Waals surface area contributed by atoms with Gasteiger partial charge in [-0.15, -0.1) is 10.2 Å². The molecular formula is C30H31F6N7O5. The zero-order chi connectivity index (χ0) is 35.5. The molecule has 1 aromatic carbocycles. The molecule has 12 nitrogen and oxygen atoms in total. The molecule has 5 rings (SSSR count). The number of rotatable bonds is 7. The summed E-state index contributed by atoms with van der Waals surface area (Å²) in [7, 11) is 2.12. The smallest absolute Gasteiger partial charge is 0.475 e. The normalized spacial score (nSPS) is 15.4. The number of carbonyl (C=O) groups excluding carboxylic acids is 1. The molecule has 1 atom stereocenters. The van der Waals surface area contributed by atoms with Crippen LogP contribution in [0, 0.1) is 0 Å². The molecule has 1 unspecified atom stereocenters. The average molecular weight is 684 g/mol. The highest BCUT2D eigenvalue weighted by Gasteiger charge is 2.39. The van der Waals surface area contributed by atoms with Crippen LogP contribution in [0.1, 0.15) is 33.5 Å². The van der Waals surface area contributed by atoms with Gasteiger partial charge in [0.1, 0.15) is 0 Å². The molecule has 0 radical (unpaired) electrons. The summed E-state index contributed by atoms with van der Waals surface area (Å²) >= 11 is 0. The summed E-state index contributed by atoms with van der Waals surface area (Å²) in [6, 6.07) is 20.1. The predicted octanol–water partition coefficient (Wildman–Crippen LogP) is 3.85. The number of amides is 1. The van der Waals surface area contributed by atoms with Crippen molar-refractivity contribution in [2.45, 2.75) is 31.4 Å². The van der Waals surface area contributed by atoms with E-state index in [2.05, 4.69) is 61.6 Å². The van der Waals surface area contributed by atoms with E-state index in [0.717, 1.165) is 43.3 Å². The Morgan fingerprint density at radius 2 is 1.50 bits per heavy atom. The van der Waals surface area contributed by atoms with E-state index in [1.807, 2.05) is 40.9 Å². The lowest BCUT2D eigenvalue weighted by Gasteiger charge is -2.38. The van der Waals surface area contributed by atoms with Gasteiger partial charge in [0.05, 0.1) is 11.6 Å². The first-order valence-electron chi connectivity index (χ1n) is 14.2. The van der Waals surface area contributed by atoms with E-state index in [0.29, 0.717) is 18.5 Å². The number of alkyl halides is 6. The van der Waals surface area contributed by atoms with Gasteiger partial charge in [0.2, 0.25) is 0 Å². The lowest BCUT2D eigenvalue weighted by atomic mass is 10.1. The molecule has 3 N–H and O–H groups in total. The molecule has 4 aromatic rings. The van der Waals surface area contributed by atoms with E-state index in [1.165, 1.54) is 5.56 Å². The fourth-order valence-corrected chi connectivity index (χ4v) is 4.42. The van der Waals surface area contributed by atoms with Gasteiger partial charge in [0.15, 0.2) is 11.5 Å². The number of fused-ring (bicyclic) bond motifs is 1. The molecule has 1 aliphatic heterocycles. The lowest BCUT2D eigenvalue weighted by molar-refractivity contribution is -0.193. The highest BCUT2D eigenvalue weighted by atomic mass is 19.4.